The molecule has 3 aromatic rings. The Morgan fingerprint density at radius 1 is 1.00 bits per heavy atom. The first-order valence-electron chi connectivity index (χ1n) is 8.98. The minimum absolute atomic E-state index is 0.0386. The first-order chi connectivity index (χ1) is 13.3. The lowest BCUT2D eigenvalue weighted by molar-refractivity contribution is 0.102. The number of hydrogen-bond donors (Lipinski definition) is 1. The van der Waals surface area contributed by atoms with Gasteiger partial charge in [0.2, 0.25) is 0 Å². The van der Waals surface area contributed by atoms with Gasteiger partial charge in [0, 0.05) is 28.4 Å². The summed E-state index contributed by atoms with van der Waals surface area (Å²) in [7, 11) is 0. The Morgan fingerprint density at radius 3 is 2.39 bits per heavy atom. The van der Waals surface area contributed by atoms with E-state index in [2.05, 4.69) is 42.9 Å². The fraction of sp³-hybridized carbons (Fsp3) is 0.167. The number of rotatable bonds is 3. The average Bonchev–Trinajstić information content (AvgIpc) is 2.67. The summed E-state index contributed by atoms with van der Waals surface area (Å²) in [5.74, 6) is 6.14. The van der Waals surface area contributed by atoms with Crippen LogP contribution in [0.5, 0.6) is 0 Å². The van der Waals surface area contributed by atoms with Gasteiger partial charge < -0.3 is 5.32 Å². The van der Waals surface area contributed by atoms with E-state index in [1.165, 1.54) is 0 Å². The van der Waals surface area contributed by atoms with Crippen molar-refractivity contribution in [2.24, 2.45) is 5.41 Å². The normalized spacial score (nSPS) is 10.7. The van der Waals surface area contributed by atoms with Crippen LogP contribution in [0.3, 0.4) is 0 Å². The van der Waals surface area contributed by atoms with Crippen LogP contribution in [0.15, 0.2) is 66.9 Å². The second-order valence-electron chi connectivity index (χ2n) is 7.42. The van der Waals surface area contributed by atoms with Gasteiger partial charge in [-0.3, -0.25) is 4.79 Å². The van der Waals surface area contributed by atoms with E-state index >= 15 is 0 Å². The molecule has 0 saturated carbocycles. The van der Waals surface area contributed by atoms with Crippen molar-refractivity contribution in [2.45, 2.75) is 20.8 Å². The van der Waals surface area contributed by atoms with E-state index in [1.807, 2.05) is 48.5 Å². The second kappa shape index (κ2) is 8.29. The van der Waals surface area contributed by atoms with E-state index in [9.17, 15) is 4.79 Å². The fourth-order valence-corrected chi connectivity index (χ4v) is 2.79. The number of amides is 1. The Bertz CT molecular complexity index is 1050. The Morgan fingerprint density at radius 2 is 1.71 bits per heavy atom. The molecule has 0 spiro atoms. The zero-order valence-electron chi connectivity index (χ0n) is 16.1. The molecule has 0 bridgehead atoms. The molecular weight excluding hydrogens is 368 g/mol. The fourth-order valence-electron chi connectivity index (χ4n) is 2.58. The summed E-state index contributed by atoms with van der Waals surface area (Å²) >= 11 is 6.04. The highest BCUT2D eigenvalue weighted by molar-refractivity contribution is 6.33. The van der Waals surface area contributed by atoms with Crippen molar-refractivity contribution >= 4 is 23.2 Å². The molecule has 140 valence electrons. The quantitative estimate of drug-likeness (QED) is 0.438. The Balaban J connectivity index is 1.87. The Hall–Kier alpha value is -3.09. The van der Waals surface area contributed by atoms with Crippen LogP contribution in [-0.2, 0) is 0 Å². The summed E-state index contributed by atoms with van der Waals surface area (Å²) in [6.07, 6.45) is 1.55. The number of aromatic nitrogens is 1. The molecule has 1 heterocycles. The molecule has 0 radical (unpaired) electrons. The van der Waals surface area contributed by atoms with Crippen LogP contribution < -0.4 is 5.32 Å². The van der Waals surface area contributed by atoms with E-state index in [0.29, 0.717) is 11.3 Å². The maximum Gasteiger partial charge on any atom is 0.258 e. The number of pyridine rings is 1. The van der Waals surface area contributed by atoms with Crippen molar-refractivity contribution in [1.82, 2.24) is 4.98 Å². The standard InChI is InChI=1S/C24H21ClN2O/c1-24(2,3)15-14-17-10-12-18(13-11-17)19-7-4-5-9-21(19)27-23(28)20-8-6-16-26-22(20)25/h4-13,16H,1-3H3,(H,27,28). The lowest BCUT2D eigenvalue weighted by Gasteiger charge is -2.12. The number of nitrogens with one attached hydrogen (secondary N) is 1. The molecule has 0 atom stereocenters. The van der Waals surface area contributed by atoms with Gasteiger partial charge in [-0.25, -0.2) is 4.98 Å². The lowest BCUT2D eigenvalue weighted by atomic mass is 9.97. The molecule has 0 aliphatic heterocycles. The number of benzene rings is 2. The van der Waals surface area contributed by atoms with E-state index in [0.717, 1.165) is 16.7 Å². The van der Waals surface area contributed by atoms with E-state index in [-0.39, 0.29) is 16.5 Å². The summed E-state index contributed by atoms with van der Waals surface area (Å²) in [6, 6.07) is 19.0. The van der Waals surface area contributed by atoms with Gasteiger partial charge in [-0.2, -0.15) is 0 Å². The predicted octanol–water partition coefficient (Wildman–Crippen LogP) is 6.05. The van der Waals surface area contributed by atoms with Gasteiger partial charge in [-0.05, 0) is 56.7 Å². The average molecular weight is 389 g/mol. The highest BCUT2D eigenvalue weighted by Gasteiger charge is 2.13. The van der Waals surface area contributed by atoms with E-state index in [1.54, 1.807) is 18.3 Å². The van der Waals surface area contributed by atoms with Crippen LogP contribution in [0.1, 0.15) is 36.7 Å². The van der Waals surface area contributed by atoms with Gasteiger partial charge in [0.05, 0.1) is 5.56 Å². The minimum Gasteiger partial charge on any atom is -0.321 e. The monoisotopic (exact) mass is 388 g/mol. The summed E-state index contributed by atoms with van der Waals surface area (Å²) in [5, 5.41) is 3.11. The van der Waals surface area contributed by atoms with E-state index < -0.39 is 0 Å². The van der Waals surface area contributed by atoms with Crippen molar-refractivity contribution in [3.05, 3.63) is 83.1 Å². The summed E-state index contributed by atoms with van der Waals surface area (Å²) in [5.41, 5.74) is 3.89. The number of nitrogens with zero attached hydrogens (tertiary/aromatic N) is 1. The number of carbonyl (C=O) groups is 1. The van der Waals surface area contributed by atoms with Crippen molar-refractivity contribution < 1.29 is 4.79 Å². The molecule has 4 heteroatoms. The molecule has 0 aliphatic rings. The van der Waals surface area contributed by atoms with Crippen LogP contribution in [0, 0.1) is 17.3 Å². The van der Waals surface area contributed by atoms with Crippen molar-refractivity contribution in [3.63, 3.8) is 0 Å². The number of hydrogen-bond acceptors (Lipinski definition) is 2. The third-order valence-corrected chi connectivity index (χ3v) is 4.26. The molecule has 0 saturated heterocycles. The van der Waals surface area contributed by atoms with Gasteiger partial charge in [-0.1, -0.05) is 53.8 Å². The lowest BCUT2D eigenvalue weighted by Crippen LogP contribution is -2.13. The maximum atomic E-state index is 12.6. The molecule has 1 amide bonds. The summed E-state index contributed by atoms with van der Waals surface area (Å²) < 4.78 is 0. The first-order valence-corrected chi connectivity index (χ1v) is 9.36. The summed E-state index contributed by atoms with van der Waals surface area (Å²) in [4.78, 5) is 16.6. The van der Waals surface area contributed by atoms with Gasteiger partial charge in [0.25, 0.3) is 5.91 Å². The molecule has 2 aromatic carbocycles. The van der Waals surface area contributed by atoms with Crippen LogP contribution in [0.2, 0.25) is 5.15 Å². The second-order valence-corrected chi connectivity index (χ2v) is 7.78. The molecular formula is C24H21ClN2O. The molecule has 0 fully saturated rings. The van der Waals surface area contributed by atoms with Crippen LogP contribution >= 0.6 is 11.6 Å². The molecule has 3 nitrogen and oxygen atoms in total. The van der Waals surface area contributed by atoms with Gasteiger partial charge in [-0.15, -0.1) is 0 Å². The topological polar surface area (TPSA) is 42.0 Å². The van der Waals surface area contributed by atoms with E-state index in [4.69, 9.17) is 11.6 Å². The molecule has 3 rings (SSSR count). The highest BCUT2D eigenvalue weighted by atomic mass is 35.5. The first kappa shape index (κ1) is 19.7. The largest absolute Gasteiger partial charge is 0.321 e. The number of para-hydroxylation sites is 1. The van der Waals surface area contributed by atoms with Crippen molar-refractivity contribution in [1.29, 1.82) is 0 Å². The third kappa shape index (κ3) is 5.00. The molecule has 1 N–H and O–H groups in total. The Kier molecular flexibility index (Phi) is 5.82. The third-order valence-electron chi connectivity index (χ3n) is 3.96. The van der Waals surface area contributed by atoms with Crippen molar-refractivity contribution in [2.75, 3.05) is 5.32 Å². The summed E-state index contributed by atoms with van der Waals surface area (Å²) in [6.45, 7) is 6.26. The Labute approximate surface area is 170 Å². The van der Waals surface area contributed by atoms with Crippen LogP contribution in [0.25, 0.3) is 11.1 Å². The van der Waals surface area contributed by atoms with Gasteiger partial charge >= 0.3 is 0 Å². The van der Waals surface area contributed by atoms with Crippen molar-refractivity contribution in [3.8, 4) is 23.0 Å². The SMILES string of the molecule is CC(C)(C)C#Cc1ccc(-c2ccccc2NC(=O)c2cccnc2Cl)cc1. The molecule has 0 unspecified atom stereocenters. The number of anilines is 1. The van der Waals surface area contributed by atoms with Crippen LogP contribution in [-0.4, -0.2) is 10.9 Å². The molecule has 28 heavy (non-hydrogen) atoms. The van der Waals surface area contributed by atoms with Crippen LogP contribution in [0.4, 0.5) is 5.69 Å². The predicted molar refractivity (Wildman–Crippen MR) is 115 cm³/mol. The zero-order chi connectivity index (χ0) is 20.1. The zero-order valence-corrected chi connectivity index (χ0v) is 16.8. The maximum absolute atomic E-state index is 12.6. The smallest absolute Gasteiger partial charge is 0.258 e. The number of carbonyl (C=O) groups excluding carboxylic acids is 1. The molecule has 1 aromatic heterocycles. The molecule has 0 aliphatic carbocycles. The van der Waals surface area contributed by atoms with Gasteiger partial charge in [0.1, 0.15) is 5.15 Å². The minimum atomic E-state index is -0.293. The van der Waals surface area contributed by atoms with Gasteiger partial charge in [0.15, 0.2) is 0 Å². The number of halogens is 1. The highest BCUT2D eigenvalue weighted by Crippen LogP contribution is 2.29.